The van der Waals surface area contributed by atoms with Crippen LogP contribution in [0, 0.1) is 0 Å². The van der Waals surface area contributed by atoms with E-state index in [0.717, 1.165) is 56.6 Å². The highest BCUT2D eigenvalue weighted by molar-refractivity contribution is 9.10. The molecule has 1 amide bonds. The van der Waals surface area contributed by atoms with Crippen molar-refractivity contribution < 1.29 is 4.79 Å². The first-order chi connectivity index (χ1) is 10.7. The van der Waals surface area contributed by atoms with Gasteiger partial charge in [-0.25, -0.2) is 0 Å². The van der Waals surface area contributed by atoms with Crippen LogP contribution in [0.3, 0.4) is 0 Å². The van der Waals surface area contributed by atoms with Gasteiger partial charge in [-0.15, -0.1) is 12.4 Å². The zero-order valence-corrected chi connectivity index (χ0v) is 15.7. The van der Waals surface area contributed by atoms with E-state index in [1.165, 1.54) is 5.56 Å². The van der Waals surface area contributed by atoms with Gasteiger partial charge in [-0.3, -0.25) is 9.69 Å². The summed E-state index contributed by atoms with van der Waals surface area (Å²) in [7, 11) is 0. The van der Waals surface area contributed by atoms with Crippen molar-refractivity contribution in [3.05, 3.63) is 34.3 Å². The summed E-state index contributed by atoms with van der Waals surface area (Å²) in [6.07, 6.45) is 2.57. The maximum atomic E-state index is 12.4. The van der Waals surface area contributed by atoms with Crippen LogP contribution in [0.5, 0.6) is 0 Å². The molecule has 1 N–H and O–H groups in total. The van der Waals surface area contributed by atoms with Crippen molar-refractivity contribution in [2.45, 2.75) is 25.3 Å². The Balaban J connectivity index is 0.00000192. The highest BCUT2D eigenvalue weighted by Gasteiger charge is 2.30. The number of piperazine rings is 1. The monoisotopic (exact) mass is 401 g/mol. The van der Waals surface area contributed by atoms with Crippen molar-refractivity contribution in [2.24, 2.45) is 0 Å². The Hall–Kier alpha value is -0.620. The Morgan fingerprint density at radius 3 is 2.78 bits per heavy atom. The lowest BCUT2D eigenvalue weighted by atomic mass is 10.1. The Bertz CT molecular complexity index is 522. The molecule has 3 rings (SSSR count). The van der Waals surface area contributed by atoms with Gasteiger partial charge in [-0.05, 0) is 30.5 Å². The van der Waals surface area contributed by atoms with Gasteiger partial charge in [0.2, 0.25) is 5.91 Å². The molecule has 1 aromatic rings. The number of nitrogens with one attached hydrogen (secondary N) is 1. The molecule has 2 aliphatic rings. The normalized spacial score (nSPS) is 22.0. The molecule has 0 bridgehead atoms. The molecular weight excluding hydrogens is 378 g/mol. The quantitative estimate of drug-likeness (QED) is 0.839. The summed E-state index contributed by atoms with van der Waals surface area (Å²) in [6.45, 7) is 6.22. The summed E-state index contributed by atoms with van der Waals surface area (Å²) in [5.74, 6) is 0.303. The Kier molecular flexibility index (Phi) is 7.34. The van der Waals surface area contributed by atoms with Crippen molar-refractivity contribution in [3.8, 4) is 0 Å². The molecule has 0 aromatic heterocycles. The second-order valence-corrected chi connectivity index (χ2v) is 7.11. The lowest BCUT2D eigenvalue weighted by molar-refractivity contribution is -0.130. The van der Waals surface area contributed by atoms with E-state index >= 15 is 0 Å². The number of hydrogen-bond donors (Lipinski definition) is 1. The third-order valence-corrected chi connectivity index (χ3v) is 5.19. The van der Waals surface area contributed by atoms with E-state index in [4.69, 9.17) is 0 Å². The Morgan fingerprint density at radius 2 is 2.04 bits per heavy atom. The third kappa shape index (κ3) is 5.18. The van der Waals surface area contributed by atoms with Gasteiger partial charge < -0.3 is 10.2 Å². The van der Waals surface area contributed by atoms with Gasteiger partial charge in [-0.2, -0.15) is 0 Å². The fourth-order valence-corrected chi connectivity index (χ4v) is 3.86. The standard InChI is InChI=1S/C17H24BrN3O.ClH/c18-15-3-1-2-14(12-15)4-5-17(22)21-9-6-16(13-21)20-10-7-19-8-11-20;/h1-3,12,16,19H,4-11,13H2;1H. The first-order valence-electron chi connectivity index (χ1n) is 8.19. The SMILES string of the molecule is Cl.O=C(CCc1cccc(Br)c1)N1CCC(N2CCNCC2)C1. The molecule has 2 fully saturated rings. The van der Waals surface area contributed by atoms with E-state index in [0.29, 0.717) is 18.4 Å². The highest BCUT2D eigenvalue weighted by atomic mass is 79.9. The number of carbonyl (C=O) groups excluding carboxylic acids is 1. The number of halogens is 2. The summed E-state index contributed by atoms with van der Waals surface area (Å²) in [5.41, 5.74) is 1.22. The second-order valence-electron chi connectivity index (χ2n) is 6.20. The summed E-state index contributed by atoms with van der Waals surface area (Å²) in [5, 5.41) is 3.39. The maximum Gasteiger partial charge on any atom is 0.222 e. The first-order valence-corrected chi connectivity index (χ1v) is 8.98. The molecule has 0 aliphatic carbocycles. The number of carbonyl (C=O) groups is 1. The van der Waals surface area contributed by atoms with Crippen molar-refractivity contribution in [1.82, 2.24) is 15.1 Å². The van der Waals surface area contributed by atoms with Gasteiger partial charge in [0, 0.05) is 56.2 Å². The van der Waals surface area contributed by atoms with Crippen LogP contribution in [0.25, 0.3) is 0 Å². The molecule has 6 heteroatoms. The number of hydrogen-bond acceptors (Lipinski definition) is 3. The summed E-state index contributed by atoms with van der Waals surface area (Å²) < 4.78 is 1.08. The molecule has 2 heterocycles. The van der Waals surface area contributed by atoms with Crippen LogP contribution in [0.4, 0.5) is 0 Å². The molecule has 1 unspecified atom stereocenters. The largest absolute Gasteiger partial charge is 0.341 e. The minimum absolute atomic E-state index is 0. The van der Waals surface area contributed by atoms with Gasteiger partial charge in [0.15, 0.2) is 0 Å². The Morgan fingerprint density at radius 1 is 1.26 bits per heavy atom. The fraction of sp³-hybridized carbons (Fsp3) is 0.588. The molecule has 2 aliphatic heterocycles. The molecule has 2 saturated heterocycles. The average Bonchev–Trinajstić information content (AvgIpc) is 3.04. The topological polar surface area (TPSA) is 35.6 Å². The van der Waals surface area contributed by atoms with Crippen LogP contribution in [0.1, 0.15) is 18.4 Å². The molecule has 0 saturated carbocycles. The molecule has 1 atom stereocenters. The molecular formula is C17H25BrClN3O. The van der Waals surface area contributed by atoms with Crippen LogP contribution in [-0.2, 0) is 11.2 Å². The highest BCUT2D eigenvalue weighted by Crippen LogP contribution is 2.18. The Labute approximate surface area is 153 Å². The van der Waals surface area contributed by atoms with E-state index in [2.05, 4.69) is 43.2 Å². The van der Waals surface area contributed by atoms with E-state index in [9.17, 15) is 4.79 Å². The zero-order chi connectivity index (χ0) is 15.4. The summed E-state index contributed by atoms with van der Waals surface area (Å²) in [6, 6.07) is 8.80. The first kappa shape index (κ1) is 18.7. The number of nitrogens with zero attached hydrogens (tertiary/aromatic N) is 2. The average molecular weight is 403 g/mol. The predicted molar refractivity (Wildman–Crippen MR) is 99.1 cm³/mol. The third-order valence-electron chi connectivity index (χ3n) is 4.70. The van der Waals surface area contributed by atoms with Crippen LogP contribution in [0.15, 0.2) is 28.7 Å². The second kappa shape index (κ2) is 9.02. The molecule has 1 aromatic carbocycles. The minimum atomic E-state index is 0. The van der Waals surface area contributed by atoms with Crippen molar-refractivity contribution in [2.75, 3.05) is 39.3 Å². The lowest BCUT2D eigenvalue weighted by Crippen LogP contribution is -2.49. The van der Waals surface area contributed by atoms with E-state index < -0.39 is 0 Å². The van der Waals surface area contributed by atoms with Crippen LogP contribution < -0.4 is 5.32 Å². The van der Waals surface area contributed by atoms with Crippen LogP contribution in [0.2, 0.25) is 0 Å². The number of rotatable bonds is 4. The van der Waals surface area contributed by atoms with Crippen LogP contribution in [-0.4, -0.2) is 61.0 Å². The summed E-state index contributed by atoms with van der Waals surface area (Å²) >= 11 is 3.48. The van der Waals surface area contributed by atoms with E-state index in [1.807, 2.05) is 12.1 Å². The van der Waals surface area contributed by atoms with Gasteiger partial charge in [0.05, 0.1) is 0 Å². The molecule has 23 heavy (non-hydrogen) atoms. The van der Waals surface area contributed by atoms with Crippen molar-refractivity contribution >= 4 is 34.2 Å². The molecule has 128 valence electrons. The molecule has 0 spiro atoms. The van der Waals surface area contributed by atoms with Gasteiger partial charge >= 0.3 is 0 Å². The molecule has 0 radical (unpaired) electrons. The minimum Gasteiger partial charge on any atom is -0.341 e. The number of benzene rings is 1. The number of likely N-dealkylation sites (tertiary alicyclic amines) is 1. The number of aryl methyl sites for hydroxylation is 1. The van der Waals surface area contributed by atoms with Crippen molar-refractivity contribution in [1.29, 1.82) is 0 Å². The maximum absolute atomic E-state index is 12.4. The van der Waals surface area contributed by atoms with Crippen LogP contribution >= 0.6 is 28.3 Å². The van der Waals surface area contributed by atoms with Crippen molar-refractivity contribution in [3.63, 3.8) is 0 Å². The number of amides is 1. The lowest BCUT2D eigenvalue weighted by Gasteiger charge is -2.32. The van der Waals surface area contributed by atoms with Gasteiger partial charge in [-0.1, -0.05) is 28.1 Å². The smallest absolute Gasteiger partial charge is 0.222 e. The fourth-order valence-electron chi connectivity index (χ4n) is 3.42. The van der Waals surface area contributed by atoms with Gasteiger partial charge in [0.1, 0.15) is 0 Å². The summed E-state index contributed by atoms with van der Waals surface area (Å²) in [4.78, 5) is 17.0. The predicted octanol–water partition coefficient (Wildman–Crippen LogP) is 2.31. The molecule has 4 nitrogen and oxygen atoms in total. The van der Waals surface area contributed by atoms with E-state index in [-0.39, 0.29) is 12.4 Å². The van der Waals surface area contributed by atoms with E-state index in [1.54, 1.807) is 0 Å². The zero-order valence-electron chi connectivity index (χ0n) is 13.3. The van der Waals surface area contributed by atoms with Gasteiger partial charge in [0.25, 0.3) is 0 Å².